The zero-order chi connectivity index (χ0) is 13.7. The van der Waals surface area contributed by atoms with Crippen molar-refractivity contribution in [3.63, 3.8) is 0 Å². The molecule has 0 aliphatic carbocycles. The van der Waals surface area contributed by atoms with Crippen molar-refractivity contribution in [2.24, 2.45) is 0 Å². The molecule has 0 aliphatic rings. The Hall–Kier alpha value is -1.94. The van der Waals surface area contributed by atoms with Crippen molar-refractivity contribution in [2.75, 3.05) is 20.7 Å². The first-order valence-corrected chi connectivity index (χ1v) is 6.28. The summed E-state index contributed by atoms with van der Waals surface area (Å²) in [6.45, 7) is 1.48. The summed E-state index contributed by atoms with van der Waals surface area (Å²) in [7, 11) is 3.41. The van der Waals surface area contributed by atoms with Gasteiger partial charge in [-0.2, -0.15) is 0 Å². The molecule has 1 aromatic heterocycles. The van der Waals surface area contributed by atoms with Crippen LogP contribution in [0.4, 0.5) is 0 Å². The van der Waals surface area contributed by atoms with E-state index in [2.05, 4.69) is 20.7 Å². The van der Waals surface area contributed by atoms with Crippen LogP contribution in [0.15, 0.2) is 36.5 Å². The van der Waals surface area contributed by atoms with Crippen LogP contribution in [0.2, 0.25) is 0 Å². The van der Waals surface area contributed by atoms with Gasteiger partial charge in [-0.25, -0.2) is 0 Å². The molecule has 100 valence electrons. The van der Waals surface area contributed by atoms with Crippen LogP contribution in [-0.2, 0) is 16.1 Å². The van der Waals surface area contributed by atoms with Gasteiger partial charge in [-0.05, 0) is 24.7 Å². The van der Waals surface area contributed by atoms with E-state index < -0.39 is 0 Å². The van der Waals surface area contributed by atoms with Crippen molar-refractivity contribution in [2.45, 2.75) is 13.0 Å². The normalized spacial score (nSPS) is 10.9. The molecule has 2 aromatic rings. The topological polar surface area (TPSA) is 42.4 Å². The van der Waals surface area contributed by atoms with Gasteiger partial charge in [0.2, 0.25) is 0 Å². The number of benzene rings is 1. The highest BCUT2D eigenvalue weighted by atomic mass is 16.5. The van der Waals surface area contributed by atoms with Gasteiger partial charge in [0.15, 0.2) is 0 Å². The van der Waals surface area contributed by atoms with Gasteiger partial charge < -0.3 is 9.64 Å². The molecular weight excluding hydrogens is 240 g/mol. The number of hydrogen-bond donors (Lipinski definition) is 0. The van der Waals surface area contributed by atoms with Crippen LogP contribution in [0.3, 0.4) is 0 Å². The SMILES string of the molecule is COC(=O)CCN(C)Cc1ccnc2ccccc12. The third-order valence-corrected chi connectivity index (χ3v) is 3.10. The third-order valence-electron chi connectivity index (χ3n) is 3.10. The first-order chi connectivity index (χ1) is 9.20. The number of nitrogens with zero attached hydrogens (tertiary/aromatic N) is 2. The maximum atomic E-state index is 11.1. The van der Waals surface area contributed by atoms with Crippen LogP contribution in [0, 0.1) is 0 Å². The fourth-order valence-electron chi connectivity index (χ4n) is 2.05. The molecule has 0 saturated carbocycles. The van der Waals surface area contributed by atoms with Gasteiger partial charge in [0.05, 0.1) is 19.0 Å². The van der Waals surface area contributed by atoms with Crippen molar-refractivity contribution in [1.29, 1.82) is 0 Å². The van der Waals surface area contributed by atoms with Gasteiger partial charge in [-0.1, -0.05) is 18.2 Å². The minimum absolute atomic E-state index is 0.175. The minimum atomic E-state index is -0.175. The number of ether oxygens (including phenoxy) is 1. The number of para-hydroxylation sites is 1. The Morgan fingerprint density at radius 3 is 2.89 bits per heavy atom. The molecule has 0 bridgehead atoms. The van der Waals surface area contributed by atoms with Crippen LogP contribution in [-0.4, -0.2) is 36.6 Å². The zero-order valence-corrected chi connectivity index (χ0v) is 11.3. The number of pyridine rings is 1. The Balaban J connectivity index is 2.06. The average Bonchev–Trinajstić information content (AvgIpc) is 2.45. The summed E-state index contributed by atoms with van der Waals surface area (Å²) in [4.78, 5) is 17.6. The molecule has 1 heterocycles. The number of fused-ring (bicyclic) bond motifs is 1. The van der Waals surface area contributed by atoms with E-state index in [-0.39, 0.29) is 5.97 Å². The number of methoxy groups -OCH3 is 1. The van der Waals surface area contributed by atoms with E-state index in [1.54, 1.807) is 0 Å². The second-order valence-electron chi connectivity index (χ2n) is 4.55. The highest BCUT2D eigenvalue weighted by Gasteiger charge is 2.07. The van der Waals surface area contributed by atoms with Gasteiger partial charge in [0.1, 0.15) is 0 Å². The second kappa shape index (κ2) is 6.29. The maximum absolute atomic E-state index is 11.1. The molecule has 1 aromatic carbocycles. The van der Waals surface area contributed by atoms with Crippen molar-refractivity contribution in [3.05, 3.63) is 42.1 Å². The lowest BCUT2D eigenvalue weighted by Crippen LogP contribution is -2.22. The highest BCUT2D eigenvalue weighted by Crippen LogP contribution is 2.17. The molecule has 0 unspecified atom stereocenters. The Kier molecular flexibility index (Phi) is 4.47. The molecule has 4 nitrogen and oxygen atoms in total. The van der Waals surface area contributed by atoms with Crippen LogP contribution >= 0.6 is 0 Å². The average molecular weight is 258 g/mol. The van der Waals surface area contributed by atoms with Gasteiger partial charge >= 0.3 is 5.97 Å². The van der Waals surface area contributed by atoms with Crippen molar-refractivity contribution >= 4 is 16.9 Å². The Labute approximate surface area is 113 Å². The number of esters is 1. The predicted octanol–water partition coefficient (Wildman–Crippen LogP) is 2.23. The molecule has 0 saturated heterocycles. The number of carbonyl (C=O) groups excluding carboxylic acids is 1. The molecule has 0 spiro atoms. The summed E-state index contributed by atoms with van der Waals surface area (Å²) >= 11 is 0. The van der Waals surface area contributed by atoms with E-state index >= 15 is 0 Å². The number of hydrogen-bond acceptors (Lipinski definition) is 4. The standard InChI is InChI=1S/C15H18N2O2/c1-17(10-8-15(18)19-2)11-12-7-9-16-14-6-4-3-5-13(12)14/h3-7,9H,8,10-11H2,1-2H3. The lowest BCUT2D eigenvalue weighted by molar-refractivity contribution is -0.140. The van der Waals surface area contributed by atoms with Gasteiger partial charge in [0, 0.05) is 24.7 Å². The fraction of sp³-hybridized carbons (Fsp3) is 0.333. The van der Waals surface area contributed by atoms with E-state index in [0.29, 0.717) is 13.0 Å². The number of carbonyl (C=O) groups is 1. The van der Waals surface area contributed by atoms with Gasteiger partial charge in [0.25, 0.3) is 0 Å². The summed E-state index contributed by atoms with van der Waals surface area (Å²) < 4.78 is 4.65. The maximum Gasteiger partial charge on any atom is 0.306 e. The van der Waals surface area contributed by atoms with E-state index in [0.717, 1.165) is 17.4 Å². The summed E-state index contributed by atoms with van der Waals surface area (Å²) in [5.41, 5.74) is 2.22. The summed E-state index contributed by atoms with van der Waals surface area (Å²) in [5, 5.41) is 1.16. The molecule has 0 N–H and O–H groups in total. The largest absolute Gasteiger partial charge is 0.469 e. The van der Waals surface area contributed by atoms with Crippen LogP contribution in [0.1, 0.15) is 12.0 Å². The monoisotopic (exact) mass is 258 g/mol. The second-order valence-corrected chi connectivity index (χ2v) is 4.55. The third kappa shape index (κ3) is 3.51. The molecule has 2 rings (SSSR count). The molecule has 0 fully saturated rings. The van der Waals surface area contributed by atoms with Gasteiger partial charge in [-0.3, -0.25) is 9.78 Å². The molecule has 0 aliphatic heterocycles. The first kappa shape index (κ1) is 13.5. The lowest BCUT2D eigenvalue weighted by atomic mass is 10.1. The Morgan fingerprint density at radius 2 is 2.11 bits per heavy atom. The van der Waals surface area contributed by atoms with Crippen LogP contribution in [0.25, 0.3) is 10.9 Å². The smallest absolute Gasteiger partial charge is 0.306 e. The molecule has 0 atom stereocenters. The van der Waals surface area contributed by atoms with Crippen LogP contribution < -0.4 is 0 Å². The zero-order valence-electron chi connectivity index (χ0n) is 11.3. The Morgan fingerprint density at radius 1 is 1.32 bits per heavy atom. The summed E-state index contributed by atoms with van der Waals surface area (Å²) in [5.74, 6) is -0.175. The summed E-state index contributed by atoms with van der Waals surface area (Å²) in [6, 6.07) is 10.1. The molecular formula is C15H18N2O2. The van der Waals surface area contributed by atoms with Crippen molar-refractivity contribution in [1.82, 2.24) is 9.88 Å². The van der Waals surface area contributed by atoms with E-state index in [9.17, 15) is 4.79 Å². The molecule has 0 amide bonds. The highest BCUT2D eigenvalue weighted by molar-refractivity contribution is 5.81. The van der Waals surface area contributed by atoms with E-state index in [4.69, 9.17) is 0 Å². The quantitative estimate of drug-likeness (QED) is 0.771. The Bertz CT molecular complexity index is 564. The van der Waals surface area contributed by atoms with Crippen LogP contribution in [0.5, 0.6) is 0 Å². The van der Waals surface area contributed by atoms with E-state index in [1.807, 2.05) is 37.5 Å². The first-order valence-electron chi connectivity index (χ1n) is 6.28. The minimum Gasteiger partial charge on any atom is -0.469 e. The fourth-order valence-corrected chi connectivity index (χ4v) is 2.05. The van der Waals surface area contributed by atoms with Crippen molar-refractivity contribution in [3.8, 4) is 0 Å². The molecule has 19 heavy (non-hydrogen) atoms. The number of aromatic nitrogens is 1. The van der Waals surface area contributed by atoms with Crippen molar-refractivity contribution < 1.29 is 9.53 Å². The summed E-state index contributed by atoms with van der Waals surface area (Å²) in [6.07, 6.45) is 2.24. The lowest BCUT2D eigenvalue weighted by Gasteiger charge is -2.17. The van der Waals surface area contributed by atoms with E-state index in [1.165, 1.54) is 12.7 Å². The number of rotatable bonds is 5. The van der Waals surface area contributed by atoms with Gasteiger partial charge in [-0.15, -0.1) is 0 Å². The molecule has 4 heteroatoms. The molecule has 0 radical (unpaired) electrons. The predicted molar refractivity (Wildman–Crippen MR) is 74.7 cm³/mol.